The molecule has 4 fully saturated rings. The smallest absolute Gasteiger partial charge is 0.00299 e. The minimum Gasteiger partial charge on any atom is -0.0831 e. The lowest BCUT2D eigenvalue weighted by atomic mass is 9.50. The zero-order valence-corrected chi connectivity index (χ0v) is 14.7. The summed E-state index contributed by atoms with van der Waals surface area (Å²) in [6, 6.07) is 7.10. The summed E-state index contributed by atoms with van der Waals surface area (Å²) in [6.45, 7) is 5.08. The fourth-order valence-electron chi connectivity index (χ4n) is 6.20. The van der Waals surface area contributed by atoms with Crippen molar-refractivity contribution in [1.29, 1.82) is 0 Å². The Morgan fingerprint density at radius 2 is 2.00 bits per heavy atom. The van der Waals surface area contributed by atoms with E-state index in [2.05, 4.69) is 43.4 Å². The van der Waals surface area contributed by atoms with Gasteiger partial charge in [0.25, 0.3) is 0 Å². The maximum absolute atomic E-state index is 2.54. The van der Waals surface area contributed by atoms with Crippen LogP contribution in [0.2, 0.25) is 13.1 Å². The summed E-state index contributed by atoms with van der Waals surface area (Å²) >= 11 is 0. The Morgan fingerprint density at radius 3 is 2.86 bits per heavy atom. The van der Waals surface area contributed by atoms with E-state index in [0.717, 1.165) is 30.1 Å². The number of rotatable bonds is 1. The van der Waals surface area contributed by atoms with Crippen molar-refractivity contribution < 1.29 is 0 Å². The summed E-state index contributed by atoms with van der Waals surface area (Å²) in [7, 11) is -0.263. The van der Waals surface area contributed by atoms with Gasteiger partial charge in [0.2, 0.25) is 0 Å². The van der Waals surface area contributed by atoms with Crippen LogP contribution in [0.5, 0.6) is 0 Å². The monoisotopic (exact) mass is 305 g/mol. The first-order valence-electron chi connectivity index (χ1n) is 9.02. The molecule has 4 atom stereocenters. The molecule has 22 heavy (non-hydrogen) atoms. The highest BCUT2D eigenvalue weighted by Crippen LogP contribution is 2.60. The van der Waals surface area contributed by atoms with Crippen LogP contribution < -0.4 is 0 Å². The first-order valence-corrected chi connectivity index (χ1v) is 11.5. The molecule has 0 saturated heterocycles. The molecule has 5 aliphatic carbocycles. The van der Waals surface area contributed by atoms with Gasteiger partial charge in [-0.3, -0.25) is 0 Å². The second kappa shape index (κ2) is 4.77. The largest absolute Gasteiger partial charge is 0.0831 e. The molecule has 6 rings (SSSR count). The van der Waals surface area contributed by atoms with Crippen molar-refractivity contribution in [3.05, 3.63) is 46.9 Å². The number of benzene rings is 1. The summed E-state index contributed by atoms with van der Waals surface area (Å²) in [4.78, 5) is 0. The van der Waals surface area contributed by atoms with Crippen LogP contribution in [0.1, 0.15) is 48.3 Å². The standard InChI is InChI=1S/C21H25Si/c1-22(2)21-16-10-13-9-15(12-16)20(19(21)11-13)18-8-4-6-14-5-3-7-17(14)18/h3-4,6-8,13,16,19-20H,5,9-12H2,1-2H3. The average molecular weight is 306 g/mol. The van der Waals surface area contributed by atoms with Crippen molar-refractivity contribution in [1.82, 2.24) is 0 Å². The molecule has 1 heteroatoms. The molecule has 4 unspecified atom stereocenters. The van der Waals surface area contributed by atoms with E-state index < -0.39 is 0 Å². The summed E-state index contributed by atoms with van der Waals surface area (Å²) < 4.78 is 0. The zero-order valence-electron chi connectivity index (χ0n) is 13.7. The Kier molecular flexibility index (Phi) is 2.92. The predicted octanol–water partition coefficient (Wildman–Crippen LogP) is 4.87. The Hall–Kier alpha value is -0.953. The average Bonchev–Trinajstić information content (AvgIpc) is 2.95. The summed E-state index contributed by atoms with van der Waals surface area (Å²) in [5, 5.41) is 2.02. The number of fused-ring (bicyclic) bond motifs is 1. The van der Waals surface area contributed by atoms with Crippen molar-refractivity contribution in [3.8, 4) is 0 Å². The molecular formula is C21H25Si. The van der Waals surface area contributed by atoms with E-state index in [0.29, 0.717) is 0 Å². The van der Waals surface area contributed by atoms with Crippen LogP contribution in [-0.2, 0) is 6.42 Å². The van der Waals surface area contributed by atoms with Gasteiger partial charge < -0.3 is 0 Å². The van der Waals surface area contributed by atoms with Crippen molar-refractivity contribution in [2.45, 2.75) is 51.1 Å². The third-order valence-electron chi connectivity index (χ3n) is 6.71. The number of allylic oxidation sites excluding steroid dienone is 1. The molecule has 0 N–H and O–H groups in total. The lowest BCUT2D eigenvalue weighted by Gasteiger charge is -2.56. The highest BCUT2D eigenvalue weighted by Gasteiger charge is 2.51. The molecule has 113 valence electrons. The van der Waals surface area contributed by atoms with Gasteiger partial charge >= 0.3 is 0 Å². The van der Waals surface area contributed by atoms with Crippen LogP contribution in [0.15, 0.2) is 24.3 Å². The number of hydrogen-bond acceptors (Lipinski definition) is 0. The van der Waals surface area contributed by atoms with Gasteiger partial charge in [-0.2, -0.15) is 0 Å². The molecule has 1 aromatic carbocycles. The van der Waals surface area contributed by atoms with Crippen LogP contribution in [0.4, 0.5) is 0 Å². The van der Waals surface area contributed by atoms with E-state index in [1.807, 2.05) is 11.1 Å². The topological polar surface area (TPSA) is 0 Å². The Morgan fingerprint density at radius 1 is 1.09 bits per heavy atom. The van der Waals surface area contributed by atoms with Gasteiger partial charge in [-0.05, 0) is 78.4 Å². The van der Waals surface area contributed by atoms with E-state index in [1.165, 1.54) is 25.7 Å². The second-order valence-electron chi connectivity index (χ2n) is 8.17. The van der Waals surface area contributed by atoms with Crippen LogP contribution in [0.3, 0.4) is 0 Å². The minimum atomic E-state index is -0.263. The third kappa shape index (κ3) is 1.78. The Bertz CT molecular complexity index is 692. The van der Waals surface area contributed by atoms with Gasteiger partial charge in [0.15, 0.2) is 0 Å². The normalized spacial score (nSPS) is 35.3. The molecular weight excluding hydrogens is 280 g/mol. The number of hydrogen-bond donors (Lipinski definition) is 0. The fourth-order valence-corrected chi connectivity index (χ4v) is 8.27. The van der Waals surface area contributed by atoms with Gasteiger partial charge in [0.05, 0.1) is 0 Å². The molecule has 0 aromatic heterocycles. The van der Waals surface area contributed by atoms with Crippen molar-refractivity contribution in [2.24, 2.45) is 17.8 Å². The zero-order chi connectivity index (χ0) is 14.8. The first kappa shape index (κ1) is 13.5. The molecule has 1 aromatic rings. The third-order valence-corrected chi connectivity index (χ3v) is 8.64. The molecule has 0 nitrogen and oxygen atoms in total. The van der Waals surface area contributed by atoms with Gasteiger partial charge in [-0.25, -0.2) is 0 Å². The van der Waals surface area contributed by atoms with Crippen LogP contribution >= 0.6 is 0 Å². The molecule has 0 amide bonds. The van der Waals surface area contributed by atoms with Crippen molar-refractivity contribution in [3.63, 3.8) is 0 Å². The maximum Gasteiger partial charge on any atom is 0.00299 e. The predicted molar refractivity (Wildman–Crippen MR) is 96.6 cm³/mol. The molecule has 4 saturated carbocycles. The lowest BCUT2D eigenvalue weighted by molar-refractivity contribution is 0.180. The minimum absolute atomic E-state index is 0.263. The van der Waals surface area contributed by atoms with E-state index in [-0.39, 0.29) is 8.41 Å². The molecule has 4 bridgehead atoms. The molecule has 0 spiro atoms. The van der Waals surface area contributed by atoms with Crippen molar-refractivity contribution >= 4 is 19.7 Å². The van der Waals surface area contributed by atoms with Crippen LogP contribution in [0.25, 0.3) is 6.08 Å². The summed E-state index contributed by atoms with van der Waals surface area (Å²) in [6.07, 6.45) is 11.8. The van der Waals surface area contributed by atoms with E-state index in [1.54, 1.807) is 16.7 Å². The van der Waals surface area contributed by atoms with Crippen molar-refractivity contribution in [2.75, 3.05) is 0 Å². The van der Waals surface area contributed by atoms with Crippen LogP contribution in [0, 0.1) is 23.7 Å². The maximum atomic E-state index is 2.54. The van der Waals surface area contributed by atoms with E-state index >= 15 is 0 Å². The van der Waals surface area contributed by atoms with E-state index in [9.17, 15) is 0 Å². The highest BCUT2D eigenvalue weighted by atomic mass is 28.2. The van der Waals surface area contributed by atoms with Gasteiger partial charge in [0.1, 0.15) is 0 Å². The summed E-state index contributed by atoms with van der Waals surface area (Å²) in [5.74, 6) is 5.57. The highest BCUT2D eigenvalue weighted by molar-refractivity contribution is 6.69. The molecule has 5 aliphatic rings. The Labute approximate surface area is 135 Å². The SMILES string of the molecule is C[Si](C)=C1C2C[C]3CC(C2)CC1C3c1cccc2c1C=CC2. The fraction of sp³-hybridized carbons (Fsp3) is 0.524. The second-order valence-corrected chi connectivity index (χ2v) is 10.7. The van der Waals surface area contributed by atoms with Gasteiger partial charge in [-0.15, -0.1) is 0 Å². The quantitative estimate of drug-likeness (QED) is 0.649. The lowest BCUT2D eigenvalue weighted by Crippen LogP contribution is -2.51. The molecule has 1 radical (unpaired) electrons. The molecule has 0 heterocycles. The van der Waals surface area contributed by atoms with Gasteiger partial charge in [-0.1, -0.05) is 48.6 Å². The molecule has 0 aliphatic heterocycles. The summed E-state index contributed by atoms with van der Waals surface area (Å²) in [5.41, 5.74) is 4.81. The first-order chi connectivity index (χ1) is 10.7. The Balaban J connectivity index is 1.65. The van der Waals surface area contributed by atoms with E-state index in [4.69, 9.17) is 0 Å². The van der Waals surface area contributed by atoms with Gasteiger partial charge in [0, 0.05) is 8.41 Å². The van der Waals surface area contributed by atoms with Crippen LogP contribution in [-0.4, -0.2) is 13.6 Å².